The summed E-state index contributed by atoms with van der Waals surface area (Å²) in [6.07, 6.45) is 16.6. The minimum atomic E-state index is -1.05. The third kappa shape index (κ3) is 11.2. The van der Waals surface area contributed by atoms with Crippen LogP contribution in [0.25, 0.3) is 0 Å². The van der Waals surface area contributed by atoms with Crippen molar-refractivity contribution in [2.24, 2.45) is 0 Å². The van der Waals surface area contributed by atoms with Gasteiger partial charge in [0.05, 0.1) is 13.2 Å². The van der Waals surface area contributed by atoms with Crippen LogP contribution in [0.4, 0.5) is 0 Å². The molecule has 0 saturated carbocycles. The van der Waals surface area contributed by atoms with Crippen molar-refractivity contribution < 1.29 is 24.8 Å². The number of allylic oxidation sites excluding steroid dienone is 2. The zero-order valence-electron chi connectivity index (χ0n) is 17.2. The van der Waals surface area contributed by atoms with E-state index >= 15 is 0 Å². The Morgan fingerprint density at radius 2 is 1.56 bits per heavy atom. The van der Waals surface area contributed by atoms with Crippen LogP contribution >= 0.6 is 0 Å². The molecule has 1 rings (SSSR count). The summed E-state index contributed by atoms with van der Waals surface area (Å²) in [4.78, 5) is 0. The van der Waals surface area contributed by atoms with Gasteiger partial charge in [-0.1, -0.05) is 64.0 Å². The highest BCUT2D eigenvalue weighted by Crippen LogP contribution is 2.20. The van der Waals surface area contributed by atoms with E-state index in [4.69, 9.17) is 14.6 Å². The van der Waals surface area contributed by atoms with E-state index in [2.05, 4.69) is 19.1 Å². The average molecular weight is 387 g/mol. The molecule has 1 heterocycles. The van der Waals surface area contributed by atoms with E-state index < -0.39 is 31.0 Å². The molecule has 1 saturated heterocycles. The molecule has 0 aromatic rings. The highest BCUT2D eigenvalue weighted by Gasteiger charge is 2.40. The van der Waals surface area contributed by atoms with E-state index in [0.29, 0.717) is 6.61 Å². The largest absolute Gasteiger partial charge is 0.394 e. The van der Waals surface area contributed by atoms with Crippen molar-refractivity contribution in [3.05, 3.63) is 12.2 Å². The molecule has 0 aromatic carbocycles. The topological polar surface area (TPSA) is 79.2 Å². The Hall–Kier alpha value is -0.460. The molecule has 0 aromatic heterocycles. The number of unbranched alkanes of at least 4 members (excludes halogenated alkanes) is 10. The van der Waals surface area contributed by atoms with E-state index in [1.165, 1.54) is 51.4 Å². The standard InChI is InChI=1S/C22H42O5/c1-2-3-4-5-6-7-8-9-10-11-12-13-14-15-16-26-20-18-27-22(21(20)25)19(24)17-23/h10-11,19-25H,2-9,12-18H2,1H3/b11-10+/t19-,20+,21+,22+/m0/s1. The third-order valence-corrected chi connectivity index (χ3v) is 5.22. The number of rotatable bonds is 17. The molecule has 5 heteroatoms. The lowest BCUT2D eigenvalue weighted by Crippen LogP contribution is -2.41. The summed E-state index contributed by atoms with van der Waals surface area (Å²) in [5.74, 6) is 0. The first kappa shape index (κ1) is 24.6. The SMILES string of the molecule is CCCCCCCCC/C=C/CCCCCO[C@@H]1CO[C@H]([C@@H](O)CO)[C@@H]1O. The molecule has 0 bridgehead atoms. The van der Waals surface area contributed by atoms with Gasteiger partial charge in [0.15, 0.2) is 0 Å². The first-order valence-electron chi connectivity index (χ1n) is 11.1. The van der Waals surface area contributed by atoms with Gasteiger partial charge in [0.1, 0.15) is 24.4 Å². The predicted octanol–water partition coefficient (Wildman–Crippen LogP) is 3.74. The first-order valence-corrected chi connectivity index (χ1v) is 11.1. The Labute approximate surface area is 165 Å². The number of hydrogen-bond donors (Lipinski definition) is 3. The summed E-state index contributed by atoms with van der Waals surface area (Å²) in [6, 6.07) is 0. The number of aliphatic hydroxyl groups excluding tert-OH is 3. The molecule has 5 nitrogen and oxygen atoms in total. The number of ether oxygens (including phenoxy) is 2. The summed E-state index contributed by atoms with van der Waals surface area (Å²) >= 11 is 0. The monoisotopic (exact) mass is 386 g/mol. The van der Waals surface area contributed by atoms with Crippen LogP contribution in [0.3, 0.4) is 0 Å². The second-order valence-electron chi connectivity index (χ2n) is 7.68. The van der Waals surface area contributed by atoms with Gasteiger partial charge >= 0.3 is 0 Å². The first-order chi connectivity index (χ1) is 13.2. The van der Waals surface area contributed by atoms with E-state index in [0.717, 1.165) is 25.7 Å². The molecule has 0 spiro atoms. The predicted molar refractivity (Wildman–Crippen MR) is 109 cm³/mol. The number of aliphatic hydroxyl groups is 3. The van der Waals surface area contributed by atoms with Gasteiger partial charge in [-0.05, 0) is 32.1 Å². The molecule has 0 amide bonds. The Bertz CT molecular complexity index is 361. The van der Waals surface area contributed by atoms with Crippen LogP contribution in [0, 0.1) is 0 Å². The maximum atomic E-state index is 10.0. The maximum absolute atomic E-state index is 10.0. The number of hydrogen-bond acceptors (Lipinski definition) is 5. The highest BCUT2D eigenvalue weighted by molar-refractivity contribution is 4.88. The van der Waals surface area contributed by atoms with Gasteiger partial charge in [-0.25, -0.2) is 0 Å². The van der Waals surface area contributed by atoms with E-state index in [1.807, 2.05) is 0 Å². The van der Waals surface area contributed by atoms with E-state index in [-0.39, 0.29) is 6.61 Å². The molecular formula is C22H42O5. The minimum absolute atomic E-state index is 0.268. The van der Waals surface area contributed by atoms with Crippen LogP contribution in [0.1, 0.15) is 84.0 Å². The fourth-order valence-corrected chi connectivity index (χ4v) is 3.43. The summed E-state index contributed by atoms with van der Waals surface area (Å²) in [7, 11) is 0. The third-order valence-electron chi connectivity index (χ3n) is 5.22. The van der Waals surface area contributed by atoms with Gasteiger partial charge in [-0.2, -0.15) is 0 Å². The van der Waals surface area contributed by atoms with Crippen molar-refractivity contribution in [2.45, 2.75) is 108 Å². The molecule has 3 N–H and O–H groups in total. The molecule has 27 heavy (non-hydrogen) atoms. The van der Waals surface area contributed by atoms with Crippen LogP contribution in [-0.2, 0) is 9.47 Å². The molecule has 1 aliphatic heterocycles. The average Bonchev–Trinajstić information content (AvgIpc) is 3.04. The van der Waals surface area contributed by atoms with Crippen molar-refractivity contribution in [3.63, 3.8) is 0 Å². The summed E-state index contributed by atoms with van der Waals surface area (Å²) in [5.41, 5.74) is 0. The normalized spacial score (nSPS) is 24.1. The molecule has 0 radical (unpaired) electrons. The molecule has 160 valence electrons. The lowest BCUT2D eigenvalue weighted by atomic mass is 10.1. The Kier molecular flexibility index (Phi) is 15.0. The van der Waals surface area contributed by atoms with Crippen LogP contribution in [0.5, 0.6) is 0 Å². The fourth-order valence-electron chi connectivity index (χ4n) is 3.43. The Morgan fingerprint density at radius 1 is 0.963 bits per heavy atom. The molecular weight excluding hydrogens is 344 g/mol. The van der Waals surface area contributed by atoms with Gasteiger partial charge in [-0.15, -0.1) is 0 Å². The zero-order valence-corrected chi connectivity index (χ0v) is 17.2. The van der Waals surface area contributed by atoms with Crippen LogP contribution in [0.2, 0.25) is 0 Å². The second-order valence-corrected chi connectivity index (χ2v) is 7.68. The van der Waals surface area contributed by atoms with Gasteiger partial charge < -0.3 is 24.8 Å². The van der Waals surface area contributed by atoms with Gasteiger partial charge in [-0.3, -0.25) is 0 Å². The van der Waals surface area contributed by atoms with Gasteiger partial charge in [0.25, 0.3) is 0 Å². The summed E-state index contributed by atoms with van der Waals surface area (Å²) in [5, 5.41) is 28.5. The smallest absolute Gasteiger partial charge is 0.114 e. The van der Waals surface area contributed by atoms with Gasteiger partial charge in [0, 0.05) is 6.61 Å². The highest BCUT2D eigenvalue weighted by atomic mass is 16.6. The molecule has 0 aliphatic carbocycles. The maximum Gasteiger partial charge on any atom is 0.114 e. The van der Waals surface area contributed by atoms with Crippen LogP contribution in [-0.4, -0.2) is 59.6 Å². The quantitative estimate of drug-likeness (QED) is 0.262. The van der Waals surface area contributed by atoms with Crippen molar-refractivity contribution in [3.8, 4) is 0 Å². The van der Waals surface area contributed by atoms with E-state index in [9.17, 15) is 10.2 Å². The molecule has 1 fully saturated rings. The molecule has 4 atom stereocenters. The van der Waals surface area contributed by atoms with Crippen molar-refractivity contribution in [1.29, 1.82) is 0 Å². The van der Waals surface area contributed by atoms with Gasteiger partial charge in [0.2, 0.25) is 0 Å². The Morgan fingerprint density at radius 3 is 2.19 bits per heavy atom. The van der Waals surface area contributed by atoms with Crippen LogP contribution < -0.4 is 0 Å². The van der Waals surface area contributed by atoms with Crippen LogP contribution in [0.15, 0.2) is 12.2 Å². The van der Waals surface area contributed by atoms with E-state index in [1.54, 1.807) is 0 Å². The van der Waals surface area contributed by atoms with Crippen molar-refractivity contribution in [1.82, 2.24) is 0 Å². The molecule has 1 aliphatic rings. The summed E-state index contributed by atoms with van der Waals surface area (Å²) in [6.45, 7) is 2.70. The second kappa shape index (κ2) is 16.5. The lowest BCUT2D eigenvalue weighted by Gasteiger charge is -2.20. The molecule has 0 unspecified atom stereocenters. The lowest BCUT2D eigenvalue weighted by molar-refractivity contribution is -0.0730. The fraction of sp³-hybridized carbons (Fsp3) is 0.909. The summed E-state index contributed by atoms with van der Waals surface area (Å²) < 4.78 is 11.0. The minimum Gasteiger partial charge on any atom is -0.394 e. The van der Waals surface area contributed by atoms with Crippen molar-refractivity contribution in [2.75, 3.05) is 19.8 Å². The van der Waals surface area contributed by atoms with Crippen molar-refractivity contribution >= 4 is 0 Å². The Balaban J connectivity index is 1.88. The zero-order chi connectivity index (χ0) is 19.7.